The molecule has 26 heavy (non-hydrogen) atoms. The van der Waals surface area contributed by atoms with Gasteiger partial charge in [-0.1, -0.05) is 12.1 Å². The standard InChI is InChI=1S/C19H18N6O/c1-10(26)22-12-5-3-4-11(8-12)14-9-15-16(18(20)24-19(21)23-15)13-6-7-25(2)17(13)14/h3-9H,1-2H3,(H,22,26)(H4,20,21,23,24). The van der Waals surface area contributed by atoms with Crippen molar-refractivity contribution < 1.29 is 4.79 Å². The Kier molecular flexibility index (Phi) is 3.50. The van der Waals surface area contributed by atoms with Crippen molar-refractivity contribution in [3.05, 3.63) is 42.6 Å². The normalized spacial score (nSPS) is 11.2. The predicted octanol–water partition coefficient (Wildman–Crippen LogP) is 2.91. The van der Waals surface area contributed by atoms with Crippen LogP contribution in [-0.4, -0.2) is 20.4 Å². The van der Waals surface area contributed by atoms with Crippen molar-refractivity contribution in [2.45, 2.75) is 6.92 Å². The van der Waals surface area contributed by atoms with E-state index < -0.39 is 0 Å². The number of aryl methyl sites for hydroxylation is 1. The summed E-state index contributed by atoms with van der Waals surface area (Å²) in [6.45, 7) is 1.49. The van der Waals surface area contributed by atoms with Gasteiger partial charge in [0.25, 0.3) is 0 Å². The van der Waals surface area contributed by atoms with Crippen LogP contribution in [0.25, 0.3) is 32.9 Å². The second kappa shape index (κ2) is 5.73. The molecule has 0 spiro atoms. The molecule has 2 heterocycles. The second-order valence-corrected chi connectivity index (χ2v) is 6.24. The van der Waals surface area contributed by atoms with Gasteiger partial charge < -0.3 is 21.4 Å². The lowest BCUT2D eigenvalue weighted by Gasteiger charge is -2.12. The molecule has 7 heteroatoms. The monoisotopic (exact) mass is 346 g/mol. The highest BCUT2D eigenvalue weighted by molar-refractivity contribution is 6.15. The number of fused-ring (bicyclic) bond motifs is 3. The van der Waals surface area contributed by atoms with E-state index in [4.69, 9.17) is 11.5 Å². The van der Waals surface area contributed by atoms with Gasteiger partial charge in [-0.25, -0.2) is 4.98 Å². The molecule has 0 unspecified atom stereocenters. The number of carbonyl (C=O) groups excluding carboxylic acids is 1. The summed E-state index contributed by atoms with van der Waals surface area (Å²) in [6, 6.07) is 11.6. The molecular weight excluding hydrogens is 328 g/mol. The lowest BCUT2D eigenvalue weighted by molar-refractivity contribution is -0.114. The summed E-state index contributed by atoms with van der Waals surface area (Å²) < 4.78 is 2.03. The molecule has 5 N–H and O–H groups in total. The van der Waals surface area contributed by atoms with Gasteiger partial charge in [0, 0.05) is 36.8 Å². The van der Waals surface area contributed by atoms with Crippen LogP contribution >= 0.6 is 0 Å². The highest BCUT2D eigenvalue weighted by Crippen LogP contribution is 2.37. The SMILES string of the molecule is CC(=O)Nc1cccc(-c2cc3nc(N)nc(N)c3c3ccn(C)c23)c1. The van der Waals surface area contributed by atoms with Gasteiger partial charge in [-0.05, 0) is 29.8 Å². The maximum absolute atomic E-state index is 11.4. The fourth-order valence-electron chi connectivity index (χ4n) is 3.35. The quantitative estimate of drug-likeness (QED) is 0.517. The number of anilines is 3. The summed E-state index contributed by atoms with van der Waals surface area (Å²) in [7, 11) is 1.98. The molecule has 1 amide bonds. The van der Waals surface area contributed by atoms with Gasteiger partial charge in [-0.3, -0.25) is 4.79 Å². The number of carbonyl (C=O) groups is 1. The summed E-state index contributed by atoms with van der Waals surface area (Å²) in [5.74, 6) is 0.392. The highest BCUT2D eigenvalue weighted by Gasteiger charge is 2.15. The first-order chi connectivity index (χ1) is 12.4. The van der Waals surface area contributed by atoms with Gasteiger partial charge in [0.05, 0.1) is 16.4 Å². The molecule has 0 aliphatic carbocycles. The summed E-state index contributed by atoms with van der Waals surface area (Å²) in [5.41, 5.74) is 16.3. The number of aromatic nitrogens is 3. The van der Waals surface area contributed by atoms with E-state index in [1.54, 1.807) is 0 Å². The number of benzene rings is 2. The van der Waals surface area contributed by atoms with Gasteiger partial charge in [0.1, 0.15) is 5.82 Å². The first kappa shape index (κ1) is 15.9. The number of nitrogens with two attached hydrogens (primary N) is 2. The molecule has 0 fully saturated rings. The maximum atomic E-state index is 11.4. The van der Waals surface area contributed by atoms with Crippen molar-refractivity contribution in [1.29, 1.82) is 0 Å². The lowest BCUT2D eigenvalue weighted by Crippen LogP contribution is -2.05. The largest absolute Gasteiger partial charge is 0.383 e. The summed E-state index contributed by atoms with van der Waals surface area (Å²) in [4.78, 5) is 19.8. The first-order valence-electron chi connectivity index (χ1n) is 8.13. The Bertz CT molecular complexity index is 1180. The minimum absolute atomic E-state index is 0.113. The van der Waals surface area contributed by atoms with Crippen LogP contribution in [0.5, 0.6) is 0 Å². The Morgan fingerprint density at radius 1 is 1.15 bits per heavy atom. The second-order valence-electron chi connectivity index (χ2n) is 6.24. The van der Waals surface area contributed by atoms with Gasteiger partial charge in [0.2, 0.25) is 11.9 Å². The zero-order valence-corrected chi connectivity index (χ0v) is 14.4. The number of nitrogen functional groups attached to an aromatic ring is 2. The molecular formula is C19H18N6O. The third kappa shape index (κ3) is 2.50. The van der Waals surface area contributed by atoms with E-state index in [1.807, 2.05) is 54.2 Å². The van der Waals surface area contributed by atoms with Crippen LogP contribution in [-0.2, 0) is 11.8 Å². The molecule has 4 aromatic rings. The van der Waals surface area contributed by atoms with Gasteiger partial charge in [-0.15, -0.1) is 0 Å². The van der Waals surface area contributed by atoms with Crippen molar-refractivity contribution in [2.75, 3.05) is 16.8 Å². The molecule has 0 radical (unpaired) electrons. The Balaban J connectivity index is 2.06. The van der Waals surface area contributed by atoms with E-state index in [0.717, 1.165) is 33.1 Å². The topological polar surface area (TPSA) is 112 Å². The van der Waals surface area contributed by atoms with Crippen LogP contribution in [0, 0.1) is 0 Å². The van der Waals surface area contributed by atoms with E-state index in [2.05, 4.69) is 15.3 Å². The zero-order chi connectivity index (χ0) is 18.4. The molecule has 0 saturated heterocycles. The highest BCUT2D eigenvalue weighted by atomic mass is 16.1. The lowest BCUT2D eigenvalue weighted by atomic mass is 9.99. The molecule has 0 bridgehead atoms. The molecule has 0 saturated carbocycles. The predicted molar refractivity (Wildman–Crippen MR) is 105 cm³/mol. The number of hydrogen-bond donors (Lipinski definition) is 3. The molecule has 0 atom stereocenters. The summed E-state index contributed by atoms with van der Waals surface area (Å²) >= 11 is 0. The number of rotatable bonds is 2. The number of amides is 1. The average Bonchev–Trinajstić information content (AvgIpc) is 2.95. The van der Waals surface area contributed by atoms with Crippen molar-refractivity contribution in [3.63, 3.8) is 0 Å². The number of nitrogens with zero attached hydrogens (tertiary/aromatic N) is 3. The Morgan fingerprint density at radius 2 is 1.96 bits per heavy atom. The fourth-order valence-corrected chi connectivity index (χ4v) is 3.35. The summed E-state index contributed by atoms with van der Waals surface area (Å²) in [6.07, 6.45) is 1.97. The average molecular weight is 346 g/mol. The van der Waals surface area contributed by atoms with Gasteiger partial charge in [0.15, 0.2) is 0 Å². The van der Waals surface area contributed by atoms with Crippen molar-refractivity contribution in [2.24, 2.45) is 7.05 Å². The van der Waals surface area contributed by atoms with Crippen LogP contribution in [0.2, 0.25) is 0 Å². The Labute approximate surface area is 149 Å². The van der Waals surface area contributed by atoms with E-state index in [0.29, 0.717) is 11.3 Å². The van der Waals surface area contributed by atoms with Crippen LogP contribution in [0.1, 0.15) is 6.92 Å². The third-order valence-electron chi connectivity index (χ3n) is 4.35. The van der Waals surface area contributed by atoms with Gasteiger partial charge in [-0.2, -0.15) is 4.98 Å². The minimum atomic E-state index is -0.113. The van der Waals surface area contributed by atoms with E-state index in [1.165, 1.54) is 6.92 Å². The Morgan fingerprint density at radius 3 is 2.73 bits per heavy atom. The number of nitrogens with one attached hydrogen (secondary N) is 1. The fraction of sp³-hybridized carbons (Fsp3) is 0.105. The molecule has 0 aliphatic heterocycles. The molecule has 130 valence electrons. The van der Waals surface area contributed by atoms with Crippen molar-refractivity contribution in [1.82, 2.24) is 14.5 Å². The van der Waals surface area contributed by atoms with Crippen molar-refractivity contribution >= 4 is 45.2 Å². The molecule has 4 rings (SSSR count). The smallest absolute Gasteiger partial charge is 0.222 e. The zero-order valence-electron chi connectivity index (χ0n) is 14.4. The van der Waals surface area contributed by atoms with Crippen LogP contribution < -0.4 is 16.8 Å². The van der Waals surface area contributed by atoms with Gasteiger partial charge >= 0.3 is 0 Å². The first-order valence-corrected chi connectivity index (χ1v) is 8.13. The maximum Gasteiger partial charge on any atom is 0.222 e. The molecule has 0 aliphatic rings. The Hall–Kier alpha value is -3.61. The molecule has 2 aromatic carbocycles. The van der Waals surface area contributed by atoms with E-state index >= 15 is 0 Å². The van der Waals surface area contributed by atoms with Crippen molar-refractivity contribution in [3.8, 4) is 11.1 Å². The third-order valence-corrected chi connectivity index (χ3v) is 4.35. The van der Waals surface area contributed by atoms with Crippen LogP contribution in [0.3, 0.4) is 0 Å². The van der Waals surface area contributed by atoms with Crippen LogP contribution in [0.4, 0.5) is 17.5 Å². The minimum Gasteiger partial charge on any atom is -0.383 e. The van der Waals surface area contributed by atoms with E-state index in [-0.39, 0.29) is 11.9 Å². The summed E-state index contributed by atoms with van der Waals surface area (Å²) in [5, 5.41) is 4.56. The van der Waals surface area contributed by atoms with Crippen LogP contribution in [0.15, 0.2) is 42.6 Å². The molecule has 2 aromatic heterocycles. The molecule has 7 nitrogen and oxygen atoms in total. The number of hydrogen-bond acceptors (Lipinski definition) is 5. The van der Waals surface area contributed by atoms with E-state index in [9.17, 15) is 4.79 Å².